The van der Waals surface area contributed by atoms with Gasteiger partial charge in [0.25, 0.3) is 5.69 Å². The van der Waals surface area contributed by atoms with E-state index in [4.69, 9.17) is 18.9 Å². The highest BCUT2D eigenvalue weighted by Crippen LogP contribution is 2.18. The lowest BCUT2D eigenvalue weighted by atomic mass is 10.3. The number of rotatable bonds is 7. The molecule has 0 aliphatic carbocycles. The topological polar surface area (TPSA) is 131 Å². The normalized spacial score (nSPS) is 9.96. The molecule has 0 amide bonds. The molecule has 10 nitrogen and oxygen atoms in total. The van der Waals surface area contributed by atoms with Crippen LogP contribution in [0.2, 0.25) is 0 Å². The number of carbonyl (C=O) groups excluding carboxylic acids is 3. The van der Waals surface area contributed by atoms with Gasteiger partial charge in [0.15, 0.2) is 6.10 Å². The molecule has 130 valence electrons. The molecule has 0 spiro atoms. The van der Waals surface area contributed by atoms with Crippen LogP contribution in [0.15, 0.2) is 24.3 Å². The predicted octanol–water partition coefficient (Wildman–Crippen LogP) is 1.60. The maximum Gasteiger partial charge on any atom is 0.514 e. The molecule has 10 heteroatoms. The van der Waals surface area contributed by atoms with Gasteiger partial charge in [0.1, 0.15) is 19.0 Å². The minimum absolute atomic E-state index is 0.0179. The summed E-state index contributed by atoms with van der Waals surface area (Å²) in [5.41, 5.74) is -0.168. The van der Waals surface area contributed by atoms with Crippen LogP contribution in [-0.4, -0.2) is 42.3 Å². The first-order valence-corrected chi connectivity index (χ1v) is 6.67. The number of ether oxygens (including phenoxy) is 4. The van der Waals surface area contributed by atoms with E-state index in [1.54, 1.807) is 0 Å². The van der Waals surface area contributed by atoms with E-state index in [0.717, 1.165) is 26.0 Å². The lowest BCUT2D eigenvalue weighted by molar-refractivity contribution is -0.384. The molecule has 0 aliphatic heterocycles. The monoisotopic (exact) mass is 341 g/mol. The summed E-state index contributed by atoms with van der Waals surface area (Å²) in [6.45, 7) is 1.69. The van der Waals surface area contributed by atoms with Crippen LogP contribution in [0.25, 0.3) is 0 Å². The third-order valence-corrected chi connectivity index (χ3v) is 2.46. The highest BCUT2D eigenvalue weighted by Gasteiger charge is 2.19. The molecule has 0 unspecified atom stereocenters. The minimum atomic E-state index is -1.15. The van der Waals surface area contributed by atoms with E-state index in [9.17, 15) is 24.5 Å². The predicted molar refractivity (Wildman–Crippen MR) is 77.3 cm³/mol. The number of non-ortho nitro benzene ring substituents is 1. The number of benzene rings is 1. The van der Waals surface area contributed by atoms with Crippen LogP contribution in [0.4, 0.5) is 10.5 Å². The van der Waals surface area contributed by atoms with Crippen molar-refractivity contribution < 1.29 is 38.3 Å². The first-order valence-electron chi connectivity index (χ1n) is 6.67. The second kappa shape index (κ2) is 9.08. The van der Waals surface area contributed by atoms with Crippen LogP contribution in [0.1, 0.15) is 13.8 Å². The Morgan fingerprint density at radius 1 is 1.04 bits per heavy atom. The van der Waals surface area contributed by atoms with Crippen molar-refractivity contribution in [3.8, 4) is 5.75 Å². The van der Waals surface area contributed by atoms with Crippen molar-refractivity contribution >= 4 is 23.8 Å². The van der Waals surface area contributed by atoms with Gasteiger partial charge in [0, 0.05) is 26.0 Å². The molecular formula is C14H15NO9. The minimum Gasteiger partial charge on any atom is -0.462 e. The van der Waals surface area contributed by atoms with Gasteiger partial charge in [-0.15, -0.1) is 0 Å². The van der Waals surface area contributed by atoms with Crippen molar-refractivity contribution in [2.24, 2.45) is 0 Å². The molecular weight excluding hydrogens is 326 g/mol. The fraction of sp³-hybridized carbons (Fsp3) is 0.357. The second-order valence-electron chi connectivity index (χ2n) is 4.45. The number of nitro benzene ring substituents is 1. The number of nitrogens with zero attached hydrogens (tertiary/aromatic N) is 1. The van der Waals surface area contributed by atoms with Crippen LogP contribution in [-0.2, 0) is 23.8 Å². The van der Waals surface area contributed by atoms with Gasteiger partial charge < -0.3 is 18.9 Å². The Kier molecular flexibility index (Phi) is 7.14. The summed E-state index contributed by atoms with van der Waals surface area (Å²) >= 11 is 0. The van der Waals surface area contributed by atoms with Crippen molar-refractivity contribution in [3.05, 3.63) is 34.4 Å². The summed E-state index contributed by atoms with van der Waals surface area (Å²) in [4.78, 5) is 43.2. The Hall–Kier alpha value is -3.17. The zero-order valence-corrected chi connectivity index (χ0v) is 12.9. The molecule has 0 fully saturated rings. The van der Waals surface area contributed by atoms with Gasteiger partial charge in [0.05, 0.1) is 4.92 Å². The molecule has 1 aromatic rings. The Morgan fingerprint density at radius 2 is 1.54 bits per heavy atom. The molecule has 1 rings (SSSR count). The zero-order chi connectivity index (χ0) is 18.1. The fourth-order valence-corrected chi connectivity index (χ4v) is 1.43. The molecule has 0 atom stereocenters. The van der Waals surface area contributed by atoms with E-state index in [-0.39, 0.29) is 24.7 Å². The Morgan fingerprint density at radius 3 is 1.96 bits per heavy atom. The molecule has 0 saturated carbocycles. The fourth-order valence-electron chi connectivity index (χ4n) is 1.43. The first kappa shape index (κ1) is 18.9. The highest BCUT2D eigenvalue weighted by molar-refractivity contribution is 5.67. The lowest BCUT2D eigenvalue weighted by Gasteiger charge is -2.16. The largest absolute Gasteiger partial charge is 0.514 e. The molecule has 0 saturated heterocycles. The summed E-state index contributed by atoms with van der Waals surface area (Å²) in [6.07, 6.45) is -2.20. The van der Waals surface area contributed by atoms with E-state index >= 15 is 0 Å². The third kappa shape index (κ3) is 7.20. The van der Waals surface area contributed by atoms with Crippen molar-refractivity contribution in [1.29, 1.82) is 0 Å². The molecule has 0 heterocycles. The smallest absolute Gasteiger partial charge is 0.462 e. The van der Waals surface area contributed by atoms with Crippen LogP contribution >= 0.6 is 0 Å². The van der Waals surface area contributed by atoms with Crippen molar-refractivity contribution in [2.75, 3.05) is 13.2 Å². The summed E-state index contributed by atoms with van der Waals surface area (Å²) in [5, 5.41) is 10.5. The summed E-state index contributed by atoms with van der Waals surface area (Å²) in [5.74, 6) is -1.19. The van der Waals surface area contributed by atoms with Crippen LogP contribution in [0.3, 0.4) is 0 Å². The summed E-state index contributed by atoms with van der Waals surface area (Å²) in [6, 6.07) is 4.73. The summed E-state index contributed by atoms with van der Waals surface area (Å²) < 4.78 is 19.1. The number of carbonyl (C=O) groups is 3. The Labute approximate surface area is 136 Å². The standard InChI is InChI=1S/C14H15NO9/c1-9(16)21-7-13(8-22-10(2)17)24-14(18)23-12-5-3-11(4-6-12)15(19)20/h3-6,13H,7-8H2,1-2H3. The van der Waals surface area contributed by atoms with Gasteiger partial charge in [-0.3, -0.25) is 19.7 Å². The third-order valence-electron chi connectivity index (χ3n) is 2.46. The first-order chi connectivity index (χ1) is 11.3. The van der Waals surface area contributed by atoms with Crippen molar-refractivity contribution in [3.63, 3.8) is 0 Å². The van der Waals surface area contributed by atoms with Crippen LogP contribution in [0, 0.1) is 10.1 Å². The molecule has 0 aliphatic rings. The van der Waals surface area contributed by atoms with E-state index < -0.39 is 29.1 Å². The van der Waals surface area contributed by atoms with Gasteiger partial charge in [0.2, 0.25) is 0 Å². The number of hydrogen-bond donors (Lipinski definition) is 0. The maximum absolute atomic E-state index is 11.7. The lowest BCUT2D eigenvalue weighted by Crippen LogP contribution is -2.31. The summed E-state index contributed by atoms with van der Waals surface area (Å²) in [7, 11) is 0. The number of nitro groups is 1. The average molecular weight is 341 g/mol. The van der Waals surface area contributed by atoms with E-state index in [1.807, 2.05) is 0 Å². The zero-order valence-electron chi connectivity index (χ0n) is 12.9. The highest BCUT2D eigenvalue weighted by atomic mass is 16.7. The maximum atomic E-state index is 11.7. The van der Waals surface area contributed by atoms with Gasteiger partial charge >= 0.3 is 18.1 Å². The van der Waals surface area contributed by atoms with Crippen LogP contribution in [0.5, 0.6) is 5.75 Å². The SMILES string of the molecule is CC(=O)OCC(COC(C)=O)OC(=O)Oc1ccc([N+](=O)[O-])cc1. The Balaban J connectivity index is 2.60. The molecule has 24 heavy (non-hydrogen) atoms. The quantitative estimate of drug-likeness (QED) is 0.238. The molecule has 0 bridgehead atoms. The van der Waals surface area contributed by atoms with E-state index in [0.29, 0.717) is 0 Å². The van der Waals surface area contributed by atoms with Gasteiger partial charge in [-0.1, -0.05) is 0 Å². The van der Waals surface area contributed by atoms with Crippen LogP contribution < -0.4 is 4.74 Å². The van der Waals surface area contributed by atoms with Gasteiger partial charge in [-0.25, -0.2) is 4.79 Å². The van der Waals surface area contributed by atoms with E-state index in [1.165, 1.54) is 12.1 Å². The molecule has 0 radical (unpaired) electrons. The van der Waals surface area contributed by atoms with Gasteiger partial charge in [-0.05, 0) is 12.1 Å². The van der Waals surface area contributed by atoms with E-state index in [2.05, 4.69) is 0 Å². The average Bonchev–Trinajstić information content (AvgIpc) is 2.50. The van der Waals surface area contributed by atoms with Crippen molar-refractivity contribution in [1.82, 2.24) is 0 Å². The second-order valence-corrected chi connectivity index (χ2v) is 4.45. The molecule has 0 N–H and O–H groups in total. The Bertz CT molecular complexity index is 593. The molecule has 1 aromatic carbocycles. The number of esters is 2. The molecule has 0 aromatic heterocycles. The van der Waals surface area contributed by atoms with Gasteiger partial charge in [-0.2, -0.15) is 0 Å². The number of hydrogen-bond acceptors (Lipinski definition) is 9. The van der Waals surface area contributed by atoms with Crippen molar-refractivity contribution in [2.45, 2.75) is 20.0 Å².